The van der Waals surface area contributed by atoms with Crippen LogP contribution in [0.1, 0.15) is 42.4 Å². The van der Waals surface area contributed by atoms with E-state index in [1.165, 1.54) is 13.4 Å². The van der Waals surface area contributed by atoms with Crippen LogP contribution in [0.2, 0.25) is 0 Å². The van der Waals surface area contributed by atoms with Crippen LogP contribution in [0, 0.1) is 0 Å². The van der Waals surface area contributed by atoms with Gasteiger partial charge in [-0.15, -0.1) is 0 Å². The highest BCUT2D eigenvalue weighted by Gasteiger charge is 2.16. The molecule has 1 aromatic carbocycles. The SMILES string of the molecule is COC(=O)c1cccc(CN(C)c2cc(CNC(=O)OC(C)(C)C)ncn2)c1. The Morgan fingerprint density at radius 3 is 2.61 bits per heavy atom. The van der Waals surface area contributed by atoms with E-state index in [0.29, 0.717) is 23.6 Å². The normalized spacial score (nSPS) is 10.9. The van der Waals surface area contributed by atoms with Gasteiger partial charge in [-0.05, 0) is 38.5 Å². The van der Waals surface area contributed by atoms with Gasteiger partial charge in [0.05, 0.1) is 24.9 Å². The predicted octanol–water partition coefficient (Wildman–Crippen LogP) is 2.92. The van der Waals surface area contributed by atoms with Gasteiger partial charge >= 0.3 is 12.1 Å². The monoisotopic (exact) mass is 386 g/mol. The molecule has 8 heteroatoms. The number of anilines is 1. The van der Waals surface area contributed by atoms with Crippen molar-refractivity contribution in [3.63, 3.8) is 0 Å². The summed E-state index contributed by atoms with van der Waals surface area (Å²) in [6.45, 7) is 6.19. The predicted molar refractivity (Wildman–Crippen MR) is 105 cm³/mol. The standard InChI is InChI=1S/C20H26N4O4/c1-20(2,3)28-19(26)21-11-16-10-17(23-13-22-16)24(4)12-14-7-6-8-15(9-14)18(25)27-5/h6-10,13H,11-12H2,1-5H3,(H,21,26). The fraction of sp³-hybridized carbons (Fsp3) is 0.400. The number of carbonyl (C=O) groups is 2. The Morgan fingerprint density at radius 1 is 1.18 bits per heavy atom. The molecule has 0 unspecified atom stereocenters. The van der Waals surface area contributed by atoms with E-state index in [1.807, 2.05) is 24.1 Å². The molecule has 0 aliphatic heterocycles. The number of hydrogen-bond donors (Lipinski definition) is 1. The van der Waals surface area contributed by atoms with E-state index < -0.39 is 11.7 Å². The fourth-order valence-electron chi connectivity index (χ4n) is 2.44. The molecule has 0 spiro atoms. The van der Waals surface area contributed by atoms with Gasteiger partial charge in [0.15, 0.2) is 0 Å². The first kappa shape index (κ1) is 21.1. The third-order valence-electron chi connectivity index (χ3n) is 3.68. The van der Waals surface area contributed by atoms with E-state index in [4.69, 9.17) is 9.47 Å². The van der Waals surface area contributed by atoms with Gasteiger partial charge in [0.25, 0.3) is 0 Å². The maximum Gasteiger partial charge on any atom is 0.407 e. The molecular weight excluding hydrogens is 360 g/mol. The lowest BCUT2D eigenvalue weighted by atomic mass is 10.1. The number of nitrogens with one attached hydrogen (secondary N) is 1. The van der Waals surface area contributed by atoms with E-state index >= 15 is 0 Å². The summed E-state index contributed by atoms with van der Waals surface area (Å²) >= 11 is 0. The van der Waals surface area contributed by atoms with Crippen LogP contribution in [-0.4, -0.2) is 41.8 Å². The molecule has 0 aliphatic rings. The van der Waals surface area contributed by atoms with Crippen molar-refractivity contribution in [2.45, 2.75) is 39.5 Å². The van der Waals surface area contributed by atoms with Crippen molar-refractivity contribution in [2.24, 2.45) is 0 Å². The number of benzene rings is 1. The molecule has 0 atom stereocenters. The van der Waals surface area contributed by atoms with Crippen molar-refractivity contribution < 1.29 is 19.1 Å². The van der Waals surface area contributed by atoms with Gasteiger partial charge in [0.2, 0.25) is 0 Å². The van der Waals surface area contributed by atoms with Crippen molar-refractivity contribution in [1.29, 1.82) is 0 Å². The molecule has 1 N–H and O–H groups in total. The second-order valence-electron chi connectivity index (χ2n) is 7.27. The zero-order chi connectivity index (χ0) is 20.7. The van der Waals surface area contributed by atoms with Gasteiger partial charge in [-0.1, -0.05) is 12.1 Å². The molecule has 1 heterocycles. The Bertz CT molecular complexity index is 833. The minimum atomic E-state index is -0.556. The van der Waals surface area contributed by atoms with Crippen molar-refractivity contribution >= 4 is 17.9 Å². The van der Waals surface area contributed by atoms with Crippen LogP contribution in [0.15, 0.2) is 36.7 Å². The van der Waals surface area contributed by atoms with E-state index in [-0.39, 0.29) is 12.5 Å². The Morgan fingerprint density at radius 2 is 1.93 bits per heavy atom. The lowest BCUT2D eigenvalue weighted by Crippen LogP contribution is -2.32. The summed E-state index contributed by atoms with van der Waals surface area (Å²) in [5.41, 5.74) is 1.54. The summed E-state index contributed by atoms with van der Waals surface area (Å²) in [4.78, 5) is 33.8. The highest BCUT2D eigenvalue weighted by Crippen LogP contribution is 2.15. The highest BCUT2D eigenvalue weighted by atomic mass is 16.6. The number of methoxy groups -OCH3 is 1. The number of amides is 1. The second-order valence-corrected chi connectivity index (χ2v) is 7.27. The Hall–Kier alpha value is -3.16. The minimum absolute atomic E-state index is 0.232. The number of rotatable bonds is 6. The summed E-state index contributed by atoms with van der Waals surface area (Å²) < 4.78 is 9.97. The van der Waals surface area contributed by atoms with Crippen LogP contribution >= 0.6 is 0 Å². The molecular formula is C20H26N4O4. The Labute approximate surface area is 164 Å². The van der Waals surface area contributed by atoms with Gasteiger partial charge in [-0.3, -0.25) is 0 Å². The van der Waals surface area contributed by atoms with Gasteiger partial charge < -0.3 is 19.7 Å². The highest BCUT2D eigenvalue weighted by molar-refractivity contribution is 5.89. The molecule has 0 radical (unpaired) electrons. The number of nitrogens with zero attached hydrogens (tertiary/aromatic N) is 3. The van der Waals surface area contributed by atoms with Crippen LogP contribution in [0.3, 0.4) is 0 Å². The summed E-state index contributed by atoms with van der Waals surface area (Å²) in [7, 11) is 3.24. The van der Waals surface area contributed by atoms with E-state index in [2.05, 4.69) is 15.3 Å². The zero-order valence-electron chi connectivity index (χ0n) is 16.9. The minimum Gasteiger partial charge on any atom is -0.465 e. The number of aromatic nitrogens is 2. The number of carbonyl (C=O) groups excluding carboxylic acids is 2. The smallest absolute Gasteiger partial charge is 0.407 e. The van der Waals surface area contributed by atoms with Crippen molar-refractivity contribution in [2.75, 3.05) is 19.1 Å². The average molecular weight is 386 g/mol. The quantitative estimate of drug-likeness (QED) is 0.763. The summed E-state index contributed by atoms with van der Waals surface area (Å²) in [6, 6.07) is 9.02. The largest absolute Gasteiger partial charge is 0.465 e. The molecule has 1 amide bonds. The van der Waals surface area contributed by atoms with Crippen LogP contribution in [-0.2, 0) is 22.6 Å². The first-order valence-electron chi connectivity index (χ1n) is 8.84. The molecule has 0 saturated heterocycles. The first-order valence-corrected chi connectivity index (χ1v) is 8.84. The van der Waals surface area contributed by atoms with Crippen LogP contribution in [0.4, 0.5) is 10.6 Å². The molecule has 0 fully saturated rings. The summed E-state index contributed by atoms with van der Waals surface area (Å²) in [6.07, 6.45) is 0.948. The van der Waals surface area contributed by atoms with Crippen molar-refractivity contribution in [3.05, 3.63) is 53.5 Å². The Kier molecular flexibility index (Phi) is 6.92. The lowest BCUT2D eigenvalue weighted by Gasteiger charge is -2.20. The van der Waals surface area contributed by atoms with Crippen molar-refractivity contribution in [3.8, 4) is 0 Å². The molecule has 28 heavy (non-hydrogen) atoms. The molecule has 2 aromatic rings. The fourth-order valence-corrected chi connectivity index (χ4v) is 2.44. The van der Waals surface area contributed by atoms with Gasteiger partial charge in [-0.25, -0.2) is 19.6 Å². The summed E-state index contributed by atoms with van der Waals surface area (Å²) in [5, 5.41) is 2.68. The number of hydrogen-bond acceptors (Lipinski definition) is 7. The van der Waals surface area contributed by atoms with Crippen molar-refractivity contribution in [1.82, 2.24) is 15.3 Å². The Balaban J connectivity index is 2.01. The molecule has 0 aliphatic carbocycles. The van der Waals surface area contributed by atoms with Crippen LogP contribution < -0.4 is 10.2 Å². The number of esters is 1. The molecule has 2 rings (SSSR count). The molecule has 0 bridgehead atoms. The lowest BCUT2D eigenvalue weighted by molar-refractivity contribution is 0.0521. The van der Waals surface area contributed by atoms with Gasteiger partial charge in [0.1, 0.15) is 17.7 Å². The van der Waals surface area contributed by atoms with E-state index in [0.717, 1.165) is 5.56 Å². The van der Waals surface area contributed by atoms with Gasteiger partial charge in [0, 0.05) is 19.7 Å². The molecule has 150 valence electrons. The van der Waals surface area contributed by atoms with Crippen LogP contribution in [0.5, 0.6) is 0 Å². The van der Waals surface area contributed by atoms with E-state index in [9.17, 15) is 9.59 Å². The maximum atomic E-state index is 11.8. The second kappa shape index (κ2) is 9.16. The zero-order valence-corrected chi connectivity index (χ0v) is 16.9. The molecule has 8 nitrogen and oxygen atoms in total. The van der Waals surface area contributed by atoms with Crippen LogP contribution in [0.25, 0.3) is 0 Å². The van der Waals surface area contributed by atoms with Gasteiger partial charge in [-0.2, -0.15) is 0 Å². The maximum absolute atomic E-state index is 11.8. The topological polar surface area (TPSA) is 93.7 Å². The summed E-state index contributed by atoms with van der Waals surface area (Å²) in [5.74, 6) is 0.321. The molecule has 0 saturated carbocycles. The average Bonchev–Trinajstić information content (AvgIpc) is 2.65. The molecule has 1 aromatic heterocycles. The van der Waals surface area contributed by atoms with E-state index in [1.54, 1.807) is 39.0 Å². The first-order chi connectivity index (χ1) is 13.2. The number of ether oxygens (including phenoxy) is 2. The third-order valence-corrected chi connectivity index (χ3v) is 3.68. The number of alkyl carbamates (subject to hydrolysis) is 1. The third kappa shape index (κ3) is 6.53.